The molecule has 0 saturated heterocycles. The molecule has 0 unspecified atom stereocenters. The number of amides is 3. The van der Waals surface area contributed by atoms with E-state index < -0.39 is 49.0 Å². The largest absolute Gasteiger partial charge is 0.481 e. The summed E-state index contributed by atoms with van der Waals surface area (Å²) in [5.41, 5.74) is 0.915. The van der Waals surface area contributed by atoms with E-state index >= 15 is 0 Å². The van der Waals surface area contributed by atoms with Crippen molar-refractivity contribution in [2.24, 2.45) is 0 Å². The third kappa shape index (κ3) is 10.9. The molecule has 0 aliphatic rings. The molecule has 186 valence electrons. The van der Waals surface area contributed by atoms with Crippen LogP contribution in [0.2, 0.25) is 0 Å². The second-order valence-electron chi connectivity index (χ2n) is 7.21. The van der Waals surface area contributed by atoms with Crippen LogP contribution in [0.1, 0.15) is 49.4 Å². The van der Waals surface area contributed by atoms with E-state index in [0.29, 0.717) is 17.7 Å². The van der Waals surface area contributed by atoms with Crippen LogP contribution in [0.4, 0.5) is 10.5 Å². The van der Waals surface area contributed by atoms with E-state index in [4.69, 9.17) is 14.9 Å². The second-order valence-corrected chi connectivity index (χ2v) is 7.21. The van der Waals surface area contributed by atoms with E-state index in [1.54, 1.807) is 12.1 Å². The predicted octanol–water partition coefficient (Wildman–Crippen LogP) is 1.04. The lowest BCUT2D eigenvalue weighted by atomic mass is 10.1. The van der Waals surface area contributed by atoms with E-state index in [0.717, 1.165) is 0 Å². The smallest absolute Gasteiger partial charge is 0.408 e. The fourth-order valence-electron chi connectivity index (χ4n) is 2.73. The molecule has 0 aliphatic heterocycles. The van der Waals surface area contributed by atoms with Crippen LogP contribution in [0, 0.1) is 0 Å². The molecule has 0 fully saturated rings. The van der Waals surface area contributed by atoms with Gasteiger partial charge in [-0.15, -0.1) is 0 Å². The molecule has 0 heterocycles. The van der Waals surface area contributed by atoms with Crippen molar-refractivity contribution in [1.29, 1.82) is 0 Å². The molecule has 13 heteroatoms. The highest BCUT2D eigenvalue weighted by molar-refractivity contribution is 5.95. The van der Waals surface area contributed by atoms with Crippen LogP contribution >= 0.6 is 0 Å². The fraction of sp³-hybridized carbons (Fsp3) is 0.429. The summed E-state index contributed by atoms with van der Waals surface area (Å²) >= 11 is 0. The number of carbonyl (C=O) groups is 6. The van der Waals surface area contributed by atoms with Crippen molar-refractivity contribution in [1.82, 2.24) is 10.6 Å². The van der Waals surface area contributed by atoms with Crippen LogP contribution in [-0.4, -0.2) is 69.8 Å². The Labute approximate surface area is 194 Å². The number of carboxylic acid groups (broad SMARTS) is 3. The number of ether oxygens (including phenoxy) is 1. The third-order valence-corrected chi connectivity index (χ3v) is 4.41. The highest BCUT2D eigenvalue weighted by atomic mass is 16.6. The van der Waals surface area contributed by atoms with Crippen LogP contribution in [0.15, 0.2) is 24.3 Å². The van der Waals surface area contributed by atoms with Crippen molar-refractivity contribution < 1.29 is 48.8 Å². The van der Waals surface area contributed by atoms with E-state index in [1.165, 1.54) is 19.1 Å². The van der Waals surface area contributed by atoms with E-state index in [-0.39, 0.29) is 31.2 Å². The maximum atomic E-state index is 12.1. The van der Waals surface area contributed by atoms with Gasteiger partial charge in [0.25, 0.3) is 5.91 Å². The Hall–Kier alpha value is -4.16. The predicted molar refractivity (Wildman–Crippen MR) is 116 cm³/mol. The Morgan fingerprint density at radius 3 is 2.09 bits per heavy atom. The molecule has 13 nitrogen and oxygen atoms in total. The van der Waals surface area contributed by atoms with Gasteiger partial charge in [-0.25, -0.2) is 14.4 Å². The minimum absolute atomic E-state index is 0.0864. The molecular weight excluding hydrogens is 454 g/mol. The Morgan fingerprint density at radius 2 is 1.56 bits per heavy atom. The van der Waals surface area contributed by atoms with Gasteiger partial charge in [-0.1, -0.05) is 0 Å². The van der Waals surface area contributed by atoms with Crippen molar-refractivity contribution in [3.63, 3.8) is 0 Å². The van der Waals surface area contributed by atoms with Gasteiger partial charge in [0, 0.05) is 31.1 Å². The Kier molecular flexibility index (Phi) is 11.5. The van der Waals surface area contributed by atoms with E-state index in [2.05, 4.69) is 10.6 Å². The number of hydrogen-bond donors (Lipinski definition) is 6. The average Bonchev–Trinajstić information content (AvgIpc) is 2.75. The SMILES string of the molecule is CC(=O)Nc1ccc(C(=O)NCCCC[C@H](OC(=O)N[C@@H](CCC(=O)O)C(=O)O)C(=O)O)cc1. The summed E-state index contributed by atoms with van der Waals surface area (Å²) in [5, 5.41) is 34.0. The Balaban J connectivity index is 2.42. The summed E-state index contributed by atoms with van der Waals surface area (Å²) in [6.07, 6.45) is -3.18. The number of hydrogen-bond acceptors (Lipinski definition) is 7. The summed E-state index contributed by atoms with van der Waals surface area (Å²) in [4.78, 5) is 68.0. The number of unbranched alkanes of at least 4 members (excludes halogenated alkanes) is 1. The zero-order valence-corrected chi connectivity index (χ0v) is 18.4. The van der Waals surface area contributed by atoms with Gasteiger partial charge in [0.2, 0.25) is 12.0 Å². The summed E-state index contributed by atoms with van der Waals surface area (Å²) in [6, 6.07) is 4.68. The maximum Gasteiger partial charge on any atom is 0.408 e. The van der Waals surface area contributed by atoms with Gasteiger partial charge in [-0.3, -0.25) is 14.4 Å². The van der Waals surface area contributed by atoms with E-state index in [9.17, 15) is 33.9 Å². The minimum atomic E-state index is -1.55. The fourth-order valence-corrected chi connectivity index (χ4v) is 2.73. The molecule has 0 radical (unpaired) electrons. The minimum Gasteiger partial charge on any atom is -0.481 e. The molecule has 0 saturated carbocycles. The molecule has 0 spiro atoms. The average molecular weight is 481 g/mol. The molecular formula is C21H27N3O10. The van der Waals surface area contributed by atoms with Gasteiger partial charge in [0.15, 0.2) is 0 Å². The lowest BCUT2D eigenvalue weighted by molar-refractivity contribution is -0.147. The van der Waals surface area contributed by atoms with Crippen molar-refractivity contribution in [2.75, 3.05) is 11.9 Å². The van der Waals surface area contributed by atoms with Gasteiger partial charge in [-0.05, 0) is 49.9 Å². The summed E-state index contributed by atoms with van der Waals surface area (Å²) < 4.78 is 4.76. The first kappa shape index (κ1) is 27.9. The Bertz CT molecular complexity index is 901. The van der Waals surface area contributed by atoms with Crippen molar-refractivity contribution in [2.45, 2.75) is 51.2 Å². The first-order valence-corrected chi connectivity index (χ1v) is 10.3. The molecule has 1 aromatic carbocycles. The zero-order valence-electron chi connectivity index (χ0n) is 18.4. The molecule has 6 N–H and O–H groups in total. The van der Waals surface area contributed by atoms with Crippen LogP contribution in [-0.2, 0) is 23.9 Å². The first-order chi connectivity index (χ1) is 16.0. The van der Waals surface area contributed by atoms with Gasteiger partial charge in [-0.2, -0.15) is 0 Å². The molecule has 34 heavy (non-hydrogen) atoms. The summed E-state index contributed by atoms with van der Waals surface area (Å²) in [7, 11) is 0. The van der Waals surface area contributed by atoms with Crippen LogP contribution < -0.4 is 16.0 Å². The molecule has 0 aromatic heterocycles. The second kappa shape index (κ2) is 14.1. The molecule has 1 aromatic rings. The number of benzene rings is 1. The maximum absolute atomic E-state index is 12.1. The van der Waals surface area contributed by atoms with Gasteiger partial charge in [0.1, 0.15) is 6.04 Å². The van der Waals surface area contributed by atoms with Gasteiger partial charge in [0.05, 0.1) is 0 Å². The van der Waals surface area contributed by atoms with Crippen molar-refractivity contribution >= 4 is 41.5 Å². The van der Waals surface area contributed by atoms with Crippen molar-refractivity contribution in [3.05, 3.63) is 29.8 Å². The molecule has 0 bridgehead atoms. The molecule has 0 aliphatic carbocycles. The highest BCUT2D eigenvalue weighted by Gasteiger charge is 2.26. The number of nitrogens with one attached hydrogen (secondary N) is 3. The lowest BCUT2D eigenvalue weighted by Gasteiger charge is -2.17. The number of carboxylic acids is 3. The van der Waals surface area contributed by atoms with Gasteiger partial charge < -0.3 is 36.0 Å². The third-order valence-electron chi connectivity index (χ3n) is 4.41. The molecule has 1 rings (SSSR count). The molecule has 3 amide bonds. The Morgan fingerprint density at radius 1 is 0.912 bits per heavy atom. The number of aliphatic carboxylic acids is 3. The zero-order chi connectivity index (χ0) is 25.7. The topological polar surface area (TPSA) is 208 Å². The lowest BCUT2D eigenvalue weighted by Crippen LogP contribution is -2.43. The van der Waals surface area contributed by atoms with Crippen LogP contribution in [0.3, 0.4) is 0 Å². The number of carbonyl (C=O) groups excluding carboxylic acids is 3. The van der Waals surface area contributed by atoms with Crippen LogP contribution in [0.25, 0.3) is 0 Å². The van der Waals surface area contributed by atoms with Crippen molar-refractivity contribution in [3.8, 4) is 0 Å². The summed E-state index contributed by atoms with van der Waals surface area (Å²) in [6.45, 7) is 1.59. The number of anilines is 1. The monoisotopic (exact) mass is 481 g/mol. The number of alkyl carbamates (subject to hydrolysis) is 1. The normalized spacial score (nSPS) is 12.0. The molecule has 2 atom stereocenters. The van der Waals surface area contributed by atoms with Crippen LogP contribution in [0.5, 0.6) is 0 Å². The number of rotatable bonds is 14. The summed E-state index contributed by atoms with van der Waals surface area (Å²) in [5.74, 6) is -4.76. The van der Waals surface area contributed by atoms with Gasteiger partial charge >= 0.3 is 24.0 Å². The first-order valence-electron chi connectivity index (χ1n) is 10.3. The standard InChI is InChI=1S/C21H27N3O10/c1-12(25)23-14-7-5-13(6-8-14)18(28)22-11-3-2-4-16(20(31)32)34-21(33)24-15(19(29)30)9-10-17(26)27/h5-8,15-16H,2-4,9-11H2,1H3,(H,22,28)(H,23,25)(H,24,33)(H,26,27)(H,29,30)(H,31,32)/t15-,16-/m0/s1. The van der Waals surface area contributed by atoms with E-state index in [1.807, 2.05) is 5.32 Å². The quantitative estimate of drug-likeness (QED) is 0.208. The highest BCUT2D eigenvalue weighted by Crippen LogP contribution is 2.10.